The lowest BCUT2D eigenvalue weighted by atomic mass is 10.1. The van der Waals surface area contributed by atoms with Crippen LogP contribution in [-0.2, 0) is 11.2 Å². The number of rotatable bonds is 1. The number of hydrogen-bond donors (Lipinski definition) is 0. The average molecular weight is 214 g/mol. The van der Waals surface area contributed by atoms with Crippen LogP contribution in [0.2, 0.25) is 0 Å². The van der Waals surface area contributed by atoms with Gasteiger partial charge in [-0.1, -0.05) is 6.07 Å². The van der Waals surface area contributed by atoms with Crippen LogP contribution >= 0.6 is 11.6 Å². The van der Waals surface area contributed by atoms with Crippen molar-refractivity contribution in [3.8, 4) is 0 Å². The fraction of sp³-hybridized carbons (Fsp3) is 0.300. The van der Waals surface area contributed by atoms with Crippen molar-refractivity contribution in [2.75, 3.05) is 17.3 Å². The summed E-state index contributed by atoms with van der Waals surface area (Å²) < 4.78 is 13.3. The molecule has 0 bridgehead atoms. The molecule has 1 aliphatic rings. The van der Waals surface area contributed by atoms with E-state index in [1.807, 2.05) is 0 Å². The van der Waals surface area contributed by atoms with E-state index in [4.69, 9.17) is 11.6 Å². The van der Waals surface area contributed by atoms with Gasteiger partial charge in [-0.05, 0) is 18.6 Å². The lowest BCUT2D eigenvalue weighted by molar-refractivity contribution is -0.116. The molecule has 0 aliphatic carbocycles. The van der Waals surface area contributed by atoms with Gasteiger partial charge in [-0.15, -0.1) is 11.6 Å². The molecule has 14 heavy (non-hydrogen) atoms. The minimum Gasteiger partial charge on any atom is -0.311 e. The third-order valence-electron chi connectivity index (χ3n) is 2.39. The van der Waals surface area contributed by atoms with Crippen molar-refractivity contribution >= 4 is 23.2 Å². The summed E-state index contributed by atoms with van der Waals surface area (Å²) in [5.74, 6) is -0.473. The maximum atomic E-state index is 13.3. The number of anilines is 1. The second-order valence-electron chi connectivity index (χ2n) is 3.17. The van der Waals surface area contributed by atoms with E-state index < -0.39 is 0 Å². The topological polar surface area (TPSA) is 20.3 Å². The molecule has 74 valence electrons. The summed E-state index contributed by atoms with van der Waals surface area (Å²) in [5.41, 5.74) is 1.28. The summed E-state index contributed by atoms with van der Waals surface area (Å²) in [5, 5.41) is 0. The molecule has 0 unspecified atom stereocenters. The number of alkyl halides is 1. The molecule has 0 fully saturated rings. The Kier molecular flexibility index (Phi) is 2.42. The van der Waals surface area contributed by atoms with Crippen molar-refractivity contribution in [3.63, 3.8) is 0 Å². The number of carbonyl (C=O) groups is 1. The van der Waals surface area contributed by atoms with E-state index in [1.54, 1.807) is 12.1 Å². The van der Waals surface area contributed by atoms with E-state index in [2.05, 4.69) is 0 Å². The standard InChI is InChI=1S/C10H9ClFNO/c11-6-10(14)13-5-4-7-8(12)2-1-3-9(7)13/h1-3H,4-6H2. The maximum absolute atomic E-state index is 13.3. The molecule has 0 spiro atoms. The van der Waals surface area contributed by atoms with E-state index in [0.717, 1.165) is 0 Å². The highest BCUT2D eigenvalue weighted by atomic mass is 35.5. The van der Waals surface area contributed by atoms with Gasteiger partial charge in [-0.2, -0.15) is 0 Å². The summed E-state index contributed by atoms with van der Waals surface area (Å²) >= 11 is 5.45. The molecular formula is C10H9ClFNO. The number of amides is 1. The zero-order valence-corrected chi connectivity index (χ0v) is 8.22. The quantitative estimate of drug-likeness (QED) is 0.653. The van der Waals surface area contributed by atoms with Crippen molar-refractivity contribution in [3.05, 3.63) is 29.6 Å². The normalized spacial score (nSPS) is 14.3. The number of nitrogens with zero attached hydrogens (tertiary/aromatic N) is 1. The lowest BCUT2D eigenvalue weighted by Gasteiger charge is -2.15. The molecule has 0 atom stereocenters. The molecule has 1 amide bonds. The highest BCUT2D eigenvalue weighted by Gasteiger charge is 2.25. The summed E-state index contributed by atoms with van der Waals surface area (Å²) in [7, 11) is 0. The predicted octanol–water partition coefficient (Wildman–Crippen LogP) is 1.95. The fourth-order valence-electron chi connectivity index (χ4n) is 1.72. The monoisotopic (exact) mass is 213 g/mol. The van der Waals surface area contributed by atoms with E-state index >= 15 is 0 Å². The first-order valence-electron chi connectivity index (χ1n) is 4.37. The van der Waals surface area contributed by atoms with Gasteiger partial charge in [0.05, 0.1) is 0 Å². The highest BCUT2D eigenvalue weighted by Crippen LogP contribution is 2.29. The van der Waals surface area contributed by atoms with Gasteiger partial charge >= 0.3 is 0 Å². The second-order valence-corrected chi connectivity index (χ2v) is 3.43. The Morgan fingerprint density at radius 2 is 2.36 bits per heavy atom. The van der Waals surface area contributed by atoms with Crippen LogP contribution in [0.15, 0.2) is 18.2 Å². The van der Waals surface area contributed by atoms with Crippen LogP contribution in [0.25, 0.3) is 0 Å². The van der Waals surface area contributed by atoms with Crippen molar-refractivity contribution < 1.29 is 9.18 Å². The van der Waals surface area contributed by atoms with Gasteiger partial charge in [0.25, 0.3) is 0 Å². The van der Waals surface area contributed by atoms with Crippen LogP contribution in [0.5, 0.6) is 0 Å². The third kappa shape index (κ3) is 1.38. The van der Waals surface area contributed by atoms with E-state index in [1.165, 1.54) is 11.0 Å². The molecule has 0 aromatic heterocycles. The Balaban J connectivity index is 2.40. The SMILES string of the molecule is O=C(CCl)N1CCc2c(F)cccc21. The van der Waals surface area contributed by atoms with Gasteiger partial charge < -0.3 is 4.90 Å². The maximum Gasteiger partial charge on any atom is 0.241 e. The molecule has 1 aromatic carbocycles. The average Bonchev–Trinajstić information content (AvgIpc) is 2.62. The van der Waals surface area contributed by atoms with Crippen LogP contribution < -0.4 is 4.90 Å². The zero-order chi connectivity index (χ0) is 10.1. The summed E-state index contributed by atoms with van der Waals surface area (Å²) in [6.07, 6.45) is 0.574. The van der Waals surface area contributed by atoms with Crippen LogP contribution in [0.4, 0.5) is 10.1 Å². The second kappa shape index (κ2) is 3.58. The minimum absolute atomic E-state index is 0.0596. The molecule has 1 aromatic rings. The van der Waals surface area contributed by atoms with Crippen LogP contribution in [0.3, 0.4) is 0 Å². The van der Waals surface area contributed by atoms with Crippen LogP contribution in [0, 0.1) is 5.82 Å². The van der Waals surface area contributed by atoms with Crippen LogP contribution in [-0.4, -0.2) is 18.3 Å². The number of hydrogen-bond acceptors (Lipinski definition) is 1. The van der Waals surface area contributed by atoms with Gasteiger partial charge in [0, 0.05) is 17.8 Å². The van der Waals surface area contributed by atoms with Gasteiger partial charge in [0.2, 0.25) is 5.91 Å². The van der Waals surface area contributed by atoms with Crippen molar-refractivity contribution in [1.82, 2.24) is 0 Å². The molecule has 1 aliphatic heterocycles. The Morgan fingerprint density at radius 1 is 1.57 bits per heavy atom. The van der Waals surface area contributed by atoms with Crippen LogP contribution in [0.1, 0.15) is 5.56 Å². The van der Waals surface area contributed by atoms with Crippen molar-refractivity contribution in [1.29, 1.82) is 0 Å². The molecule has 2 rings (SSSR count). The number of benzene rings is 1. The molecule has 0 saturated heterocycles. The zero-order valence-electron chi connectivity index (χ0n) is 7.46. The Hall–Kier alpha value is -1.09. The first kappa shape index (κ1) is 9.46. The van der Waals surface area contributed by atoms with E-state index in [9.17, 15) is 9.18 Å². The minimum atomic E-state index is -0.243. The first-order valence-corrected chi connectivity index (χ1v) is 4.91. The molecule has 0 radical (unpaired) electrons. The molecule has 4 heteroatoms. The molecule has 1 heterocycles. The number of halogens is 2. The number of carbonyl (C=O) groups excluding carboxylic acids is 1. The lowest BCUT2D eigenvalue weighted by Crippen LogP contribution is -2.29. The van der Waals surface area contributed by atoms with E-state index in [0.29, 0.717) is 24.2 Å². The Labute approximate surface area is 86.3 Å². The largest absolute Gasteiger partial charge is 0.311 e. The van der Waals surface area contributed by atoms with Crippen molar-refractivity contribution in [2.24, 2.45) is 0 Å². The molecule has 0 N–H and O–H groups in total. The van der Waals surface area contributed by atoms with Crippen molar-refractivity contribution in [2.45, 2.75) is 6.42 Å². The summed E-state index contributed by atoms with van der Waals surface area (Å²) in [4.78, 5) is 12.9. The molecular weight excluding hydrogens is 205 g/mol. The summed E-state index contributed by atoms with van der Waals surface area (Å²) in [6.45, 7) is 0.530. The fourth-order valence-corrected chi connectivity index (χ4v) is 1.87. The summed E-state index contributed by atoms with van der Waals surface area (Å²) in [6, 6.07) is 4.76. The van der Waals surface area contributed by atoms with Gasteiger partial charge in [0.15, 0.2) is 0 Å². The number of fused-ring (bicyclic) bond motifs is 1. The van der Waals surface area contributed by atoms with Gasteiger partial charge in [0.1, 0.15) is 11.7 Å². The van der Waals surface area contributed by atoms with Gasteiger partial charge in [-0.25, -0.2) is 4.39 Å². The van der Waals surface area contributed by atoms with Gasteiger partial charge in [-0.3, -0.25) is 4.79 Å². The molecule has 0 saturated carbocycles. The molecule has 2 nitrogen and oxygen atoms in total. The third-order valence-corrected chi connectivity index (χ3v) is 2.61. The van der Waals surface area contributed by atoms with E-state index in [-0.39, 0.29) is 17.6 Å². The Morgan fingerprint density at radius 3 is 3.07 bits per heavy atom. The first-order chi connectivity index (χ1) is 6.74. The smallest absolute Gasteiger partial charge is 0.241 e. The predicted molar refractivity (Wildman–Crippen MR) is 53.2 cm³/mol. The Bertz CT molecular complexity index is 380. The highest BCUT2D eigenvalue weighted by molar-refractivity contribution is 6.29.